The lowest BCUT2D eigenvalue weighted by Crippen LogP contribution is -2.48. The Bertz CT molecular complexity index is 529. The van der Waals surface area contributed by atoms with Crippen molar-refractivity contribution < 1.29 is 19.8 Å². The van der Waals surface area contributed by atoms with Gasteiger partial charge in [-0.3, -0.25) is 4.90 Å². The topological polar surface area (TPSA) is 81.1 Å². The van der Waals surface area contributed by atoms with Crippen molar-refractivity contribution in [1.82, 2.24) is 4.90 Å². The molecule has 0 unspecified atom stereocenters. The van der Waals surface area contributed by atoms with Gasteiger partial charge in [-0.2, -0.15) is 0 Å². The van der Waals surface area contributed by atoms with Gasteiger partial charge in [-0.05, 0) is 26.0 Å². The zero-order chi connectivity index (χ0) is 15.6. The second-order valence-electron chi connectivity index (χ2n) is 5.26. The third-order valence-electron chi connectivity index (χ3n) is 3.70. The van der Waals surface area contributed by atoms with Crippen molar-refractivity contribution in [3.63, 3.8) is 0 Å². The van der Waals surface area contributed by atoms with Gasteiger partial charge >= 0.3 is 12.0 Å². The maximum Gasteiger partial charge on any atom is 0.326 e. The predicted octanol–water partition coefficient (Wildman–Crippen LogP) is 1.46. The van der Waals surface area contributed by atoms with Crippen molar-refractivity contribution in [2.45, 2.75) is 32.4 Å². The Morgan fingerprint density at radius 3 is 2.48 bits per heavy atom. The fourth-order valence-electron chi connectivity index (χ4n) is 2.57. The van der Waals surface area contributed by atoms with Crippen molar-refractivity contribution >= 4 is 17.7 Å². The summed E-state index contributed by atoms with van der Waals surface area (Å²) in [6.07, 6.45) is -0.709. The number of aliphatic hydroxyl groups excluding tert-OH is 1. The summed E-state index contributed by atoms with van der Waals surface area (Å²) >= 11 is 0. The number of amides is 2. The minimum atomic E-state index is -1.08. The Labute approximate surface area is 123 Å². The third-order valence-corrected chi connectivity index (χ3v) is 3.70. The number of hydrogen-bond acceptors (Lipinski definition) is 3. The molecule has 2 N–H and O–H groups in total. The van der Waals surface area contributed by atoms with Crippen LogP contribution in [0.25, 0.3) is 0 Å². The first-order valence-electron chi connectivity index (χ1n) is 6.99. The van der Waals surface area contributed by atoms with Crippen LogP contribution in [0.3, 0.4) is 0 Å². The molecule has 114 valence electrons. The zero-order valence-corrected chi connectivity index (χ0v) is 12.2. The largest absolute Gasteiger partial charge is 0.480 e. The van der Waals surface area contributed by atoms with Crippen molar-refractivity contribution in [3.05, 3.63) is 29.8 Å². The van der Waals surface area contributed by atoms with Gasteiger partial charge in [0.1, 0.15) is 6.04 Å². The van der Waals surface area contributed by atoms with Crippen LogP contribution in [0.5, 0.6) is 0 Å². The summed E-state index contributed by atoms with van der Waals surface area (Å²) in [5.41, 5.74) is 1.81. The summed E-state index contributed by atoms with van der Waals surface area (Å²) < 4.78 is 0. The van der Waals surface area contributed by atoms with Crippen molar-refractivity contribution in [3.8, 4) is 0 Å². The molecule has 0 bridgehead atoms. The monoisotopic (exact) mass is 292 g/mol. The van der Waals surface area contributed by atoms with Crippen LogP contribution in [-0.2, 0) is 4.79 Å². The van der Waals surface area contributed by atoms with E-state index in [2.05, 4.69) is 0 Å². The Hall–Kier alpha value is -2.08. The number of carbonyl (C=O) groups is 2. The van der Waals surface area contributed by atoms with E-state index in [-0.39, 0.29) is 19.0 Å². The van der Waals surface area contributed by atoms with E-state index in [0.717, 1.165) is 11.3 Å². The maximum atomic E-state index is 12.6. The molecule has 6 nitrogen and oxygen atoms in total. The highest BCUT2D eigenvalue weighted by atomic mass is 16.4. The van der Waals surface area contributed by atoms with Crippen molar-refractivity contribution in [2.24, 2.45) is 0 Å². The van der Waals surface area contributed by atoms with E-state index in [9.17, 15) is 19.8 Å². The third kappa shape index (κ3) is 3.16. The zero-order valence-electron chi connectivity index (χ0n) is 12.2. The van der Waals surface area contributed by atoms with E-state index in [1.54, 1.807) is 0 Å². The molecule has 1 aromatic carbocycles. The summed E-state index contributed by atoms with van der Waals surface area (Å²) in [5.74, 6) is -1.08. The van der Waals surface area contributed by atoms with E-state index >= 15 is 0 Å². The number of carboxylic acids is 1. The molecular weight excluding hydrogens is 272 g/mol. The molecule has 1 fully saturated rings. The molecule has 0 saturated carbocycles. The molecule has 1 aromatic rings. The van der Waals surface area contributed by atoms with Gasteiger partial charge < -0.3 is 15.1 Å². The second kappa shape index (κ2) is 6.13. The van der Waals surface area contributed by atoms with Gasteiger partial charge in [0.15, 0.2) is 0 Å². The van der Waals surface area contributed by atoms with E-state index in [1.807, 2.05) is 38.1 Å². The summed E-state index contributed by atoms with van der Waals surface area (Å²) in [5, 5.41) is 18.8. The van der Waals surface area contributed by atoms with E-state index in [1.165, 1.54) is 9.80 Å². The van der Waals surface area contributed by atoms with E-state index in [0.29, 0.717) is 6.54 Å². The van der Waals surface area contributed by atoms with Crippen LogP contribution in [0.15, 0.2) is 24.3 Å². The molecule has 1 heterocycles. The minimum absolute atomic E-state index is 0.0537. The van der Waals surface area contributed by atoms with Crippen molar-refractivity contribution in [2.75, 3.05) is 18.0 Å². The Morgan fingerprint density at radius 1 is 1.33 bits per heavy atom. The number of aryl methyl sites for hydroxylation is 1. The number of benzene rings is 1. The first-order valence-corrected chi connectivity index (χ1v) is 6.99. The molecule has 21 heavy (non-hydrogen) atoms. The molecule has 0 radical (unpaired) electrons. The number of anilines is 1. The fraction of sp³-hybridized carbons (Fsp3) is 0.467. The van der Waals surface area contributed by atoms with Crippen molar-refractivity contribution in [1.29, 1.82) is 0 Å². The van der Waals surface area contributed by atoms with Crippen LogP contribution in [-0.4, -0.2) is 52.3 Å². The van der Waals surface area contributed by atoms with Gasteiger partial charge in [-0.25, -0.2) is 9.59 Å². The number of carboxylic acid groups (broad SMARTS) is 1. The van der Waals surface area contributed by atoms with Crippen LogP contribution >= 0.6 is 0 Å². The van der Waals surface area contributed by atoms with Gasteiger partial charge in [0.05, 0.1) is 6.10 Å². The Balaban J connectivity index is 2.23. The van der Waals surface area contributed by atoms with Crippen LogP contribution < -0.4 is 4.90 Å². The Morgan fingerprint density at radius 2 is 1.95 bits per heavy atom. The quantitative estimate of drug-likeness (QED) is 0.883. The number of aliphatic carboxylic acids is 1. The average Bonchev–Trinajstić information content (AvgIpc) is 2.84. The maximum absolute atomic E-state index is 12.6. The van der Waals surface area contributed by atoms with E-state index in [4.69, 9.17) is 0 Å². The summed E-state index contributed by atoms with van der Waals surface area (Å²) in [4.78, 5) is 26.6. The summed E-state index contributed by atoms with van der Waals surface area (Å²) in [6.45, 7) is 4.28. The fourth-order valence-corrected chi connectivity index (χ4v) is 2.57. The van der Waals surface area contributed by atoms with Gasteiger partial charge in [0.25, 0.3) is 0 Å². The lowest BCUT2D eigenvalue weighted by atomic mass is 10.2. The SMILES string of the molecule is CCN(C(=O)N1C[C@H](O)C[C@H]1C(=O)O)c1ccc(C)cc1. The number of likely N-dealkylation sites (tertiary alicyclic amines) is 1. The molecule has 6 heteroatoms. The number of carbonyl (C=O) groups excluding carboxylic acids is 1. The van der Waals surface area contributed by atoms with Crippen LogP contribution in [0, 0.1) is 6.92 Å². The van der Waals surface area contributed by atoms with Gasteiger partial charge in [-0.1, -0.05) is 17.7 Å². The molecular formula is C15H20N2O4. The standard InChI is InChI=1S/C15H20N2O4/c1-3-16(11-6-4-10(2)5-7-11)15(21)17-9-12(18)8-13(17)14(19)20/h4-7,12-13,18H,3,8-9H2,1-2H3,(H,19,20)/t12-,13+/m1/s1. The molecule has 2 amide bonds. The molecule has 1 aliphatic heterocycles. The highest BCUT2D eigenvalue weighted by molar-refractivity contribution is 5.94. The van der Waals surface area contributed by atoms with Crippen LogP contribution in [0.2, 0.25) is 0 Å². The second-order valence-corrected chi connectivity index (χ2v) is 5.26. The summed E-state index contributed by atoms with van der Waals surface area (Å²) in [6, 6.07) is 6.12. The number of urea groups is 1. The highest BCUT2D eigenvalue weighted by Crippen LogP contribution is 2.23. The molecule has 2 rings (SSSR count). The van der Waals surface area contributed by atoms with E-state index < -0.39 is 18.1 Å². The molecule has 1 saturated heterocycles. The number of hydrogen-bond donors (Lipinski definition) is 2. The number of aliphatic hydroxyl groups is 1. The number of β-amino-alcohol motifs (C(OH)–C–C–N with tert-alkyl or cyclic N) is 1. The summed E-state index contributed by atoms with van der Waals surface area (Å²) in [7, 11) is 0. The van der Waals surface area contributed by atoms with Crippen LogP contribution in [0.4, 0.5) is 10.5 Å². The highest BCUT2D eigenvalue weighted by Gasteiger charge is 2.40. The lowest BCUT2D eigenvalue weighted by molar-refractivity contribution is -0.141. The number of nitrogens with zero attached hydrogens (tertiary/aromatic N) is 2. The van der Waals surface area contributed by atoms with Gasteiger partial charge in [0, 0.05) is 25.2 Å². The normalized spacial score (nSPS) is 21.4. The molecule has 2 atom stereocenters. The first-order chi connectivity index (χ1) is 9.93. The minimum Gasteiger partial charge on any atom is -0.480 e. The number of rotatable bonds is 3. The Kier molecular flexibility index (Phi) is 4.47. The smallest absolute Gasteiger partial charge is 0.326 e. The first kappa shape index (κ1) is 15.3. The average molecular weight is 292 g/mol. The van der Waals surface area contributed by atoms with Gasteiger partial charge in [-0.15, -0.1) is 0 Å². The van der Waals surface area contributed by atoms with Gasteiger partial charge in [0.2, 0.25) is 0 Å². The molecule has 0 aromatic heterocycles. The molecule has 0 spiro atoms. The predicted molar refractivity (Wildman–Crippen MR) is 78.3 cm³/mol. The van der Waals surface area contributed by atoms with Crippen LogP contribution in [0.1, 0.15) is 18.9 Å². The molecule has 1 aliphatic rings. The lowest BCUT2D eigenvalue weighted by Gasteiger charge is -2.29. The molecule has 0 aliphatic carbocycles.